The lowest BCUT2D eigenvalue weighted by Gasteiger charge is -2.14. The molecule has 2 aromatic rings. The van der Waals surface area contributed by atoms with Gasteiger partial charge in [0.15, 0.2) is 5.78 Å². The van der Waals surface area contributed by atoms with Gasteiger partial charge in [-0.2, -0.15) is 0 Å². The minimum atomic E-state index is -1.01. The van der Waals surface area contributed by atoms with Gasteiger partial charge in [0.05, 0.1) is 5.56 Å². The summed E-state index contributed by atoms with van der Waals surface area (Å²) in [5, 5.41) is 9.78. The van der Waals surface area contributed by atoms with Gasteiger partial charge in [0.25, 0.3) is 0 Å². The summed E-state index contributed by atoms with van der Waals surface area (Å²) >= 11 is 0. The lowest BCUT2D eigenvalue weighted by Crippen LogP contribution is -2.25. The minimum absolute atomic E-state index is 0.108. The first kappa shape index (κ1) is 17.4. The van der Waals surface area contributed by atoms with Crippen LogP contribution in [0.5, 0.6) is 5.75 Å². The highest BCUT2D eigenvalue weighted by atomic mass is 16.5. The Bertz CT molecular complexity index is 709. The molecule has 0 heterocycles. The molecular formula is C19H18O5. The molecule has 0 aromatic heterocycles. The Hall–Kier alpha value is -2.92. The van der Waals surface area contributed by atoms with E-state index >= 15 is 0 Å². The Kier molecular flexibility index (Phi) is 6.28. The molecule has 0 spiro atoms. The highest BCUT2D eigenvalue weighted by Gasteiger charge is 2.15. The van der Waals surface area contributed by atoms with Gasteiger partial charge in [-0.15, -0.1) is 0 Å². The number of carbonyl (C=O) groups is 2. The average Bonchev–Trinajstić information content (AvgIpc) is 2.64. The monoisotopic (exact) mass is 326 g/mol. The van der Waals surface area contributed by atoms with Gasteiger partial charge >= 0.3 is 5.97 Å². The molecule has 1 unspecified atom stereocenters. The molecule has 0 bridgehead atoms. The normalized spacial score (nSPS) is 11.4. The highest BCUT2D eigenvalue weighted by molar-refractivity contribution is 6.10. The van der Waals surface area contributed by atoms with Gasteiger partial charge < -0.3 is 14.6 Å². The summed E-state index contributed by atoms with van der Waals surface area (Å²) in [7, 11) is 0. The van der Waals surface area contributed by atoms with Gasteiger partial charge in [-0.1, -0.05) is 49.0 Å². The third-order valence-electron chi connectivity index (χ3n) is 3.18. The Morgan fingerprint density at radius 1 is 1.04 bits per heavy atom. The van der Waals surface area contributed by atoms with Gasteiger partial charge in [0.2, 0.25) is 0 Å². The van der Waals surface area contributed by atoms with E-state index in [4.69, 9.17) is 9.47 Å². The second-order valence-electron chi connectivity index (χ2n) is 4.99. The number of para-hydroxylation sites is 1. The minimum Gasteiger partial charge on any atom is -0.490 e. The molecule has 0 aliphatic rings. The van der Waals surface area contributed by atoms with E-state index in [2.05, 4.69) is 6.58 Å². The average molecular weight is 326 g/mol. The molecule has 124 valence electrons. The third-order valence-corrected chi connectivity index (χ3v) is 3.18. The predicted molar refractivity (Wildman–Crippen MR) is 89.0 cm³/mol. The molecule has 2 aromatic carbocycles. The molecule has 1 N–H and O–H groups in total. The number of carbonyl (C=O) groups excluding carboxylic acids is 2. The van der Waals surface area contributed by atoms with Crippen molar-refractivity contribution in [3.8, 4) is 5.75 Å². The van der Waals surface area contributed by atoms with E-state index in [0.717, 1.165) is 6.08 Å². The summed E-state index contributed by atoms with van der Waals surface area (Å²) in [4.78, 5) is 23.5. The van der Waals surface area contributed by atoms with E-state index < -0.39 is 12.1 Å². The summed E-state index contributed by atoms with van der Waals surface area (Å²) in [6.45, 7) is 2.95. The number of hydrogen-bond acceptors (Lipinski definition) is 5. The maximum atomic E-state index is 12.5. The van der Waals surface area contributed by atoms with E-state index in [-0.39, 0.29) is 19.0 Å². The maximum absolute atomic E-state index is 12.5. The summed E-state index contributed by atoms with van der Waals surface area (Å²) in [5.41, 5.74) is 0.952. The lowest BCUT2D eigenvalue weighted by molar-refractivity contribution is -0.141. The highest BCUT2D eigenvalue weighted by Crippen LogP contribution is 2.21. The van der Waals surface area contributed by atoms with Crippen LogP contribution >= 0.6 is 0 Å². The Balaban J connectivity index is 2.03. The fraction of sp³-hybridized carbons (Fsp3) is 0.158. The molecule has 24 heavy (non-hydrogen) atoms. The molecule has 1 atom stereocenters. The Labute approximate surface area is 140 Å². The van der Waals surface area contributed by atoms with Crippen LogP contribution in [0.25, 0.3) is 0 Å². The number of rotatable bonds is 8. The molecule has 0 aliphatic heterocycles. The molecule has 0 aliphatic carbocycles. The predicted octanol–water partition coefficient (Wildman–Crippen LogP) is 2.39. The first-order valence-electron chi connectivity index (χ1n) is 7.40. The van der Waals surface area contributed by atoms with Crippen LogP contribution in [0, 0.1) is 0 Å². The number of aliphatic hydroxyl groups is 1. The van der Waals surface area contributed by atoms with Crippen molar-refractivity contribution in [1.82, 2.24) is 0 Å². The second kappa shape index (κ2) is 8.64. The van der Waals surface area contributed by atoms with E-state index in [1.165, 1.54) is 0 Å². The van der Waals surface area contributed by atoms with Crippen LogP contribution in [0.4, 0.5) is 0 Å². The summed E-state index contributed by atoms with van der Waals surface area (Å²) in [5.74, 6) is -0.423. The van der Waals surface area contributed by atoms with Crippen molar-refractivity contribution in [3.05, 3.63) is 78.4 Å². The second-order valence-corrected chi connectivity index (χ2v) is 4.99. The molecule has 0 radical (unpaired) electrons. The fourth-order valence-corrected chi connectivity index (χ4v) is 2.00. The molecule has 5 nitrogen and oxygen atoms in total. The molecular weight excluding hydrogens is 308 g/mol. The first-order valence-corrected chi connectivity index (χ1v) is 7.40. The summed E-state index contributed by atoms with van der Waals surface area (Å²) in [6, 6.07) is 15.6. The van der Waals surface area contributed by atoms with Crippen molar-refractivity contribution >= 4 is 11.8 Å². The van der Waals surface area contributed by atoms with Crippen molar-refractivity contribution in [2.24, 2.45) is 0 Å². The number of benzene rings is 2. The zero-order valence-electron chi connectivity index (χ0n) is 13.1. The van der Waals surface area contributed by atoms with Crippen LogP contribution in [-0.2, 0) is 9.53 Å². The van der Waals surface area contributed by atoms with Crippen molar-refractivity contribution in [3.63, 3.8) is 0 Å². The van der Waals surface area contributed by atoms with Gasteiger partial charge in [0.1, 0.15) is 25.1 Å². The number of hydrogen-bond donors (Lipinski definition) is 1. The standard InChI is InChI=1S/C19H18O5/c1-2-18(21)24-13-15(20)12-23-17-11-7-6-10-16(17)19(22)14-8-4-3-5-9-14/h2-11,15,20H,1,12-13H2. The van der Waals surface area contributed by atoms with Gasteiger partial charge in [-0.05, 0) is 12.1 Å². The molecule has 0 fully saturated rings. The van der Waals surface area contributed by atoms with Crippen LogP contribution in [-0.4, -0.2) is 36.2 Å². The van der Waals surface area contributed by atoms with Gasteiger partial charge in [-0.25, -0.2) is 4.79 Å². The van der Waals surface area contributed by atoms with Crippen molar-refractivity contribution < 1.29 is 24.2 Å². The van der Waals surface area contributed by atoms with Crippen molar-refractivity contribution in [1.29, 1.82) is 0 Å². The van der Waals surface area contributed by atoms with Gasteiger partial charge in [-0.3, -0.25) is 4.79 Å². The first-order chi connectivity index (χ1) is 11.6. The lowest BCUT2D eigenvalue weighted by atomic mass is 10.0. The smallest absolute Gasteiger partial charge is 0.330 e. The molecule has 0 saturated heterocycles. The van der Waals surface area contributed by atoms with Crippen LogP contribution in [0.15, 0.2) is 67.3 Å². The quantitative estimate of drug-likeness (QED) is 0.458. The van der Waals surface area contributed by atoms with Crippen LogP contribution in [0.1, 0.15) is 15.9 Å². The van der Waals surface area contributed by atoms with E-state index in [9.17, 15) is 14.7 Å². The largest absolute Gasteiger partial charge is 0.490 e. The van der Waals surface area contributed by atoms with Crippen molar-refractivity contribution in [2.75, 3.05) is 13.2 Å². The third kappa shape index (κ3) is 4.79. The zero-order chi connectivity index (χ0) is 17.4. The van der Waals surface area contributed by atoms with E-state index in [1.807, 2.05) is 6.07 Å². The van der Waals surface area contributed by atoms with E-state index in [0.29, 0.717) is 16.9 Å². The molecule has 0 amide bonds. The maximum Gasteiger partial charge on any atom is 0.330 e. The van der Waals surface area contributed by atoms with E-state index in [1.54, 1.807) is 48.5 Å². The number of ether oxygens (including phenoxy) is 2. The summed E-state index contributed by atoms with van der Waals surface area (Å²) in [6.07, 6.45) is 0.00953. The van der Waals surface area contributed by atoms with Crippen LogP contribution < -0.4 is 4.74 Å². The number of ketones is 1. The molecule has 0 saturated carbocycles. The number of esters is 1. The fourth-order valence-electron chi connectivity index (χ4n) is 2.00. The topological polar surface area (TPSA) is 72.8 Å². The molecule has 5 heteroatoms. The van der Waals surface area contributed by atoms with Crippen LogP contribution in [0.2, 0.25) is 0 Å². The zero-order valence-corrected chi connectivity index (χ0v) is 13.1. The van der Waals surface area contributed by atoms with Crippen LogP contribution in [0.3, 0.4) is 0 Å². The Morgan fingerprint density at radius 3 is 2.42 bits per heavy atom. The Morgan fingerprint density at radius 2 is 1.71 bits per heavy atom. The SMILES string of the molecule is C=CC(=O)OCC(O)COc1ccccc1C(=O)c1ccccc1. The van der Waals surface area contributed by atoms with Crippen molar-refractivity contribution in [2.45, 2.75) is 6.10 Å². The summed E-state index contributed by atoms with van der Waals surface area (Å²) < 4.78 is 10.3. The number of aliphatic hydroxyl groups excluding tert-OH is 1. The molecule has 2 rings (SSSR count). The van der Waals surface area contributed by atoms with Gasteiger partial charge in [0, 0.05) is 11.6 Å².